The maximum absolute atomic E-state index is 12.9. The number of ether oxygens (including phenoxy) is 1. The lowest BCUT2D eigenvalue weighted by molar-refractivity contribution is -0.384. The van der Waals surface area contributed by atoms with Crippen LogP contribution in [0.4, 0.5) is 18.9 Å². The van der Waals surface area contributed by atoms with E-state index in [1.165, 1.54) is 28.9 Å². The lowest BCUT2D eigenvalue weighted by Crippen LogP contribution is -2.48. The predicted molar refractivity (Wildman–Crippen MR) is 124 cm³/mol. The molecule has 9 nitrogen and oxygen atoms in total. The summed E-state index contributed by atoms with van der Waals surface area (Å²) in [5.41, 5.74) is -0.0466. The van der Waals surface area contributed by atoms with Gasteiger partial charge in [-0.25, -0.2) is 4.68 Å². The highest BCUT2D eigenvalue weighted by Crippen LogP contribution is 2.30. The molecule has 190 valence electrons. The number of carbonyl (C=O) groups excluding carboxylic acids is 1. The topological polar surface area (TPSA) is 93.7 Å². The van der Waals surface area contributed by atoms with E-state index in [9.17, 15) is 28.1 Å². The van der Waals surface area contributed by atoms with Gasteiger partial charge in [-0.15, -0.1) is 0 Å². The Morgan fingerprint density at radius 3 is 2.53 bits per heavy atom. The summed E-state index contributed by atoms with van der Waals surface area (Å²) < 4.78 is 45.8. The second kappa shape index (κ2) is 10.5. The molecule has 2 aromatic carbocycles. The molecule has 0 unspecified atom stereocenters. The zero-order chi connectivity index (χ0) is 25.9. The van der Waals surface area contributed by atoms with E-state index in [0.29, 0.717) is 38.3 Å². The molecule has 1 fully saturated rings. The zero-order valence-electron chi connectivity index (χ0n) is 18.8. The van der Waals surface area contributed by atoms with Gasteiger partial charge >= 0.3 is 6.18 Å². The van der Waals surface area contributed by atoms with E-state index in [0.717, 1.165) is 12.1 Å². The fraction of sp³-hybridized carbons (Fsp3) is 0.304. The van der Waals surface area contributed by atoms with Crippen molar-refractivity contribution in [2.75, 3.05) is 26.2 Å². The number of rotatable bonds is 7. The van der Waals surface area contributed by atoms with E-state index in [1.54, 1.807) is 23.2 Å². The lowest BCUT2D eigenvalue weighted by atomic mass is 10.1. The Bertz CT molecular complexity index is 1260. The zero-order valence-corrected chi connectivity index (χ0v) is 19.6. The smallest absolute Gasteiger partial charge is 0.416 e. The molecule has 0 atom stereocenters. The average Bonchev–Trinajstić information content (AvgIpc) is 3.32. The molecule has 36 heavy (non-hydrogen) atoms. The van der Waals surface area contributed by atoms with Gasteiger partial charge in [0.15, 0.2) is 12.4 Å². The Balaban J connectivity index is 1.29. The van der Waals surface area contributed by atoms with E-state index >= 15 is 0 Å². The molecular weight excluding hydrogens is 503 g/mol. The van der Waals surface area contributed by atoms with Crippen molar-refractivity contribution in [3.63, 3.8) is 0 Å². The SMILES string of the molecule is O=C(c1ccn(COc2ccc([N+](=O)[O-])cc2Cl)n1)N1CCN(Cc2cccc(C(F)(F)F)c2)CC1. The lowest BCUT2D eigenvalue weighted by Gasteiger charge is -2.34. The molecule has 0 spiro atoms. The van der Waals surface area contributed by atoms with Crippen molar-refractivity contribution in [2.45, 2.75) is 19.5 Å². The number of alkyl halides is 3. The predicted octanol–water partition coefficient (Wildman–Crippen LogP) is 4.46. The van der Waals surface area contributed by atoms with Crippen molar-refractivity contribution in [3.05, 3.63) is 86.7 Å². The fourth-order valence-electron chi connectivity index (χ4n) is 3.78. The first kappa shape index (κ1) is 25.5. The third-order valence-electron chi connectivity index (χ3n) is 5.66. The molecule has 0 aliphatic carbocycles. The van der Waals surface area contributed by atoms with Crippen LogP contribution in [0.3, 0.4) is 0 Å². The number of nitro benzene ring substituents is 1. The van der Waals surface area contributed by atoms with Crippen molar-refractivity contribution in [1.82, 2.24) is 19.6 Å². The molecule has 0 bridgehead atoms. The molecule has 4 rings (SSSR count). The van der Waals surface area contributed by atoms with Gasteiger partial charge in [0.2, 0.25) is 0 Å². The first-order valence-corrected chi connectivity index (χ1v) is 11.3. The number of carbonyl (C=O) groups is 1. The molecule has 3 aromatic rings. The number of benzene rings is 2. The average molecular weight is 524 g/mol. The van der Waals surface area contributed by atoms with Crippen molar-refractivity contribution < 1.29 is 27.6 Å². The molecule has 0 N–H and O–H groups in total. The number of hydrogen-bond donors (Lipinski definition) is 0. The summed E-state index contributed by atoms with van der Waals surface area (Å²) in [6.07, 6.45) is -2.82. The fourth-order valence-corrected chi connectivity index (χ4v) is 4.01. The molecule has 1 aliphatic heterocycles. The number of hydrogen-bond acceptors (Lipinski definition) is 6. The summed E-state index contributed by atoms with van der Waals surface area (Å²) in [7, 11) is 0. The maximum atomic E-state index is 12.9. The summed E-state index contributed by atoms with van der Waals surface area (Å²) >= 11 is 6.01. The Morgan fingerprint density at radius 2 is 1.86 bits per heavy atom. The van der Waals surface area contributed by atoms with E-state index in [4.69, 9.17) is 16.3 Å². The van der Waals surface area contributed by atoms with Gasteiger partial charge < -0.3 is 9.64 Å². The molecule has 1 aliphatic rings. The monoisotopic (exact) mass is 523 g/mol. The van der Waals surface area contributed by atoms with Crippen LogP contribution in [0, 0.1) is 10.1 Å². The second-order valence-electron chi connectivity index (χ2n) is 8.15. The third kappa shape index (κ3) is 6.13. The summed E-state index contributed by atoms with van der Waals surface area (Å²) in [6.45, 7) is 2.17. The summed E-state index contributed by atoms with van der Waals surface area (Å²) in [5, 5.41) is 15.1. The number of aromatic nitrogens is 2. The van der Waals surface area contributed by atoms with Gasteiger partial charge in [0.1, 0.15) is 5.75 Å². The van der Waals surface area contributed by atoms with Gasteiger partial charge in [0.05, 0.1) is 15.5 Å². The van der Waals surface area contributed by atoms with Gasteiger partial charge in [0.25, 0.3) is 11.6 Å². The van der Waals surface area contributed by atoms with Crippen LogP contribution in [-0.4, -0.2) is 56.6 Å². The molecule has 1 amide bonds. The first-order chi connectivity index (χ1) is 17.1. The highest BCUT2D eigenvalue weighted by atomic mass is 35.5. The second-order valence-corrected chi connectivity index (χ2v) is 8.56. The van der Waals surface area contributed by atoms with Crippen molar-refractivity contribution >= 4 is 23.2 Å². The Labute approximate surface area is 208 Å². The number of nitro groups is 1. The van der Waals surface area contributed by atoms with Crippen LogP contribution in [-0.2, 0) is 19.5 Å². The third-order valence-corrected chi connectivity index (χ3v) is 5.95. The van der Waals surface area contributed by atoms with Gasteiger partial charge in [-0.1, -0.05) is 29.8 Å². The van der Waals surface area contributed by atoms with Crippen LogP contribution in [0.5, 0.6) is 5.75 Å². The molecule has 2 heterocycles. The summed E-state index contributed by atoms with van der Waals surface area (Å²) in [5.74, 6) is -0.0247. The first-order valence-electron chi connectivity index (χ1n) is 10.9. The van der Waals surface area contributed by atoms with E-state index in [1.807, 2.05) is 4.90 Å². The largest absolute Gasteiger partial charge is 0.470 e. The van der Waals surface area contributed by atoms with Crippen LogP contribution in [0.1, 0.15) is 21.6 Å². The molecule has 1 saturated heterocycles. The van der Waals surface area contributed by atoms with Crippen LogP contribution in [0.25, 0.3) is 0 Å². The van der Waals surface area contributed by atoms with Crippen molar-refractivity contribution in [3.8, 4) is 5.75 Å². The number of nitrogens with zero attached hydrogens (tertiary/aromatic N) is 5. The number of amides is 1. The van der Waals surface area contributed by atoms with Crippen LogP contribution >= 0.6 is 11.6 Å². The quantitative estimate of drug-likeness (QED) is 0.335. The summed E-state index contributed by atoms with van der Waals surface area (Å²) in [6, 6.07) is 10.6. The van der Waals surface area contributed by atoms with E-state index in [-0.39, 0.29) is 34.8 Å². The van der Waals surface area contributed by atoms with E-state index < -0.39 is 16.7 Å². The Morgan fingerprint density at radius 1 is 1.11 bits per heavy atom. The molecule has 0 radical (unpaired) electrons. The van der Waals surface area contributed by atoms with Crippen molar-refractivity contribution in [2.24, 2.45) is 0 Å². The molecule has 13 heteroatoms. The van der Waals surface area contributed by atoms with Gasteiger partial charge in [-0.2, -0.15) is 18.3 Å². The Kier molecular flexibility index (Phi) is 7.45. The minimum absolute atomic E-state index is 0.0599. The highest BCUT2D eigenvalue weighted by Gasteiger charge is 2.30. The molecular formula is C23H21ClF3N5O4. The highest BCUT2D eigenvalue weighted by molar-refractivity contribution is 6.32. The van der Waals surface area contributed by atoms with Crippen LogP contribution < -0.4 is 4.74 Å². The number of non-ortho nitro benzene ring substituents is 1. The van der Waals surface area contributed by atoms with Gasteiger partial charge in [-0.05, 0) is 23.8 Å². The van der Waals surface area contributed by atoms with Gasteiger partial charge in [0, 0.05) is 51.1 Å². The molecule has 1 aromatic heterocycles. The molecule has 0 saturated carbocycles. The number of piperazine rings is 1. The Hall–Kier alpha value is -3.64. The standard InChI is InChI=1S/C23H21ClF3N5O4/c24-19-13-18(32(34)35)4-5-21(19)36-15-31-7-6-20(28-31)22(33)30-10-8-29(9-11-30)14-16-2-1-3-17(12-16)23(25,26)27/h1-7,12-13H,8-11,14-15H2. The minimum atomic E-state index is -4.39. The normalized spacial score (nSPS) is 14.6. The van der Waals surface area contributed by atoms with Crippen molar-refractivity contribution in [1.29, 1.82) is 0 Å². The summed E-state index contributed by atoms with van der Waals surface area (Å²) in [4.78, 5) is 26.7. The maximum Gasteiger partial charge on any atom is 0.416 e. The number of halogens is 4. The van der Waals surface area contributed by atoms with Gasteiger partial charge in [-0.3, -0.25) is 19.8 Å². The van der Waals surface area contributed by atoms with E-state index in [2.05, 4.69) is 5.10 Å². The van der Waals surface area contributed by atoms with Crippen LogP contribution in [0.15, 0.2) is 54.7 Å². The minimum Gasteiger partial charge on any atom is -0.470 e. The van der Waals surface area contributed by atoms with Crippen LogP contribution in [0.2, 0.25) is 5.02 Å².